The zero-order chi connectivity index (χ0) is 23.2. The maximum absolute atomic E-state index is 13.0. The Balaban J connectivity index is 2.30. The normalized spacial score (nSPS) is 13.2. The van der Waals surface area contributed by atoms with Gasteiger partial charge in [-0.25, -0.2) is 8.42 Å². The molecule has 0 saturated heterocycles. The molecule has 0 radical (unpaired) electrons. The van der Waals surface area contributed by atoms with Crippen LogP contribution < -0.4 is 14.9 Å². The van der Waals surface area contributed by atoms with E-state index in [0.717, 1.165) is 29.0 Å². The van der Waals surface area contributed by atoms with Crippen LogP contribution in [0, 0.1) is 0 Å². The van der Waals surface area contributed by atoms with Crippen LogP contribution in [-0.4, -0.2) is 38.6 Å². The molecule has 7 nitrogen and oxygen atoms in total. The number of carbonyl (C=O) groups is 2. The lowest BCUT2D eigenvalue weighted by Crippen LogP contribution is -2.45. The average Bonchev–Trinajstić information content (AvgIpc) is 2.73. The van der Waals surface area contributed by atoms with E-state index in [9.17, 15) is 18.0 Å². The summed E-state index contributed by atoms with van der Waals surface area (Å²) < 4.78 is 26.1. The first-order valence-electron chi connectivity index (χ1n) is 10.4. The van der Waals surface area contributed by atoms with Crippen molar-refractivity contribution in [1.29, 1.82) is 0 Å². The van der Waals surface area contributed by atoms with Crippen LogP contribution in [0.1, 0.15) is 50.0 Å². The minimum atomic E-state index is -3.73. The van der Waals surface area contributed by atoms with E-state index in [0.29, 0.717) is 16.9 Å². The van der Waals surface area contributed by atoms with Crippen molar-refractivity contribution in [3.05, 3.63) is 59.7 Å². The summed E-state index contributed by atoms with van der Waals surface area (Å²) in [5, 5.41) is 5.60. The molecular weight excluding hydrogens is 414 g/mol. The number of hydrogen-bond acceptors (Lipinski definition) is 4. The molecule has 2 rings (SSSR count). The molecule has 0 bridgehead atoms. The third-order valence-corrected chi connectivity index (χ3v) is 6.35. The van der Waals surface area contributed by atoms with Crippen LogP contribution in [0.5, 0.6) is 0 Å². The van der Waals surface area contributed by atoms with E-state index >= 15 is 0 Å². The lowest BCUT2D eigenvalue weighted by atomic mass is 10.1. The molecule has 0 unspecified atom stereocenters. The molecular formula is C23H31N3O4S. The van der Waals surface area contributed by atoms with Gasteiger partial charge in [0.25, 0.3) is 5.91 Å². The van der Waals surface area contributed by atoms with E-state index in [1.165, 1.54) is 6.92 Å². The molecule has 0 aliphatic heterocycles. The summed E-state index contributed by atoms with van der Waals surface area (Å²) in [5.74, 6) is -0.832. The summed E-state index contributed by atoms with van der Waals surface area (Å²) in [4.78, 5) is 25.6. The van der Waals surface area contributed by atoms with Gasteiger partial charge in [0, 0.05) is 6.04 Å². The molecule has 2 N–H and O–H groups in total. The Labute approximate surface area is 184 Å². The van der Waals surface area contributed by atoms with Crippen molar-refractivity contribution < 1.29 is 18.0 Å². The van der Waals surface area contributed by atoms with Gasteiger partial charge >= 0.3 is 0 Å². The molecule has 168 valence electrons. The number of para-hydroxylation sites is 1. The van der Waals surface area contributed by atoms with Gasteiger partial charge < -0.3 is 10.6 Å². The van der Waals surface area contributed by atoms with Crippen molar-refractivity contribution in [2.24, 2.45) is 0 Å². The highest BCUT2D eigenvalue weighted by molar-refractivity contribution is 7.92. The Morgan fingerprint density at radius 3 is 2.16 bits per heavy atom. The van der Waals surface area contributed by atoms with Crippen LogP contribution in [0.3, 0.4) is 0 Å². The quantitative estimate of drug-likeness (QED) is 0.617. The molecule has 8 heteroatoms. The van der Waals surface area contributed by atoms with Gasteiger partial charge in [0.1, 0.15) is 6.04 Å². The van der Waals surface area contributed by atoms with Crippen molar-refractivity contribution in [2.75, 3.05) is 15.9 Å². The Kier molecular flexibility index (Phi) is 8.21. The van der Waals surface area contributed by atoms with Crippen molar-refractivity contribution in [1.82, 2.24) is 5.32 Å². The second kappa shape index (κ2) is 10.4. The smallest absolute Gasteiger partial charge is 0.253 e. The molecule has 0 aromatic heterocycles. The maximum atomic E-state index is 13.0. The van der Waals surface area contributed by atoms with Crippen molar-refractivity contribution >= 4 is 33.2 Å². The van der Waals surface area contributed by atoms with Crippen LogP contribution in [0.25, 0.3) is 0 Å². The van der Waals surface area contributed by atoms with Crippen molar-refractivity contribution in [3.63, 3.8) is 0 Å². The Morgan fingerprint density at radius 1 is 1.00 bits per heavy atom. The van der Waals surface area contributed by atoms with Crippen LogP contribution in [0.2, 0.25) is 0 Å². The van der Waals surface area contributed by atoms with E-state index in [1.807, 2.05) is 32.9 Å². The number of sulfonamides is 1. The zero-order valence-electron chi connectivity index (χ0n) is 18.7. The average molecular weight is 446 g/mol. The van der Waals surface area contributed by atoms with Gasteiger partial charge in [-0.2, -0.15) is 0 Å². The number of benzene rings is 2. The number of hydrogen-bond donors (Lipinski definition) is 2. The van der Waals surface area contributed by atoms with Crippen molar-refractivity contribution in [3.8, 4) is 0 Å². The van der Waals surface area contributed by atoms with Crippen LogP contribution in [-0.2, 0) is 21.2 Å². The number of rotatable bonds is 9. The van der Waals surface area contributed by atoms with Gasteiger partial charge in [0.15, 0.2) is 0 Å². The van der Waals surface area contributed by atoms with Crippen LogP contribution in [0.4, 0.5) is 11.4 Å². The number of anilines is 2. The number of carbonyl (C=O) groups excluding carboxylic acids is 2. The second-order valence-electron chi connectivity index (χ2n) is 7.57. The molecule has 2 aromatic carbocycles. The van der Waals surface area contributed by atoms with E-state index in [1.54, 1.807) is 36.4 Å². The highest BCUT2D eigenvalue weighted by Gasteiger charge is 2.29. The van der Waals surface area contributed by atoms with Gasteiger partial charge in [-0.1, -0.05) is 38.1 Å². The first kappa shape index (κ1) is 24.4. The van der Waals surface area contributed by atoms with Gasteiger partial charge in [0.05, 0.1) is 23.2 Å². The monoisotopic (exact) mass is 445 g/mol. The van der Waals surface area contributed by atoms with E-state index < -0.39 is 22.0 Å². The molecule has 0 aliphatic rings. The minimum Gasteiger partial charge on any atom is -0.350 e. The third-order valence-electron chi connectivity index (χ3n) is 5.11. The minimum absolute atomic E-state index is 0.0120. The van der Waals surface area contributed by atoms with Crippen LogP contribution in [0.15, 0.2) is 48.5 Å². The van der Waals surface area contributed by atoms with E-state index in [2.05, 4.69) is 10.6 Å². The van der Waals surface area contributed by atoms with Crippen molar-refractivity contribution in [2.45, 2.75) is 52.6 Å². The Bertz CT molecular complexity index is 1020. The lowest BCUT2D eigenvalue weighted by molar-refractivity contribution is -0.116. The van der Waals surface area contributed by atoms with E-state index in [-0.39, 0.29) is 11.9 Å². The maximum Gasteiger partial charge on any atom is 0.253 e. The summed E-state index contributed by atoms with van der Waals surface area (Å²) in [6.45, 7) is 7.39. The SMILES string of the molecule is CCc1ccc(N([C@H](C)C(=O)Nc2ccccc2C(=O)N[C@H](C)CC)S(C)(=O)=O)cc1. The highest BCUT2D eigenvalue weighted by atomic mass is 32.2. The lowest BCUT2D eigenvalue weighted by Gasteiger charge is -2.28. The predicted octanol–water partition coefficient (Wildman–Crippen LogP) is 3.57. The Morgan fingerprint density at radius 2 is 1.61 bits per heavy atom. The number of aryl methyl sites for hydroxylation is 1. The van der Waals surface area contributed by atoms with Gasteiger partial charge in [-0.05, 0) is 56.5 Å². The van der Waals surface area contributed by atoms with Crippen LogP contribution >= 0.6 is 0 Å². The summed E-state index contributed by atoms with van der Waals surface area (Å²) in [7, 11) is -3.73. The molecule has 0 aliphatic carbocycles. The fourth-order valence-electron chi connectivity index (χ4n) is 3.12. The fourth-order valence-corrected chi connectivity index (χ4v) is 4.29. The summed E-state index contributed by atoms with van der Waals surface area (Å²) >= 11 is 0. The summed E-state index contributed by atoms with van der Waals surface area (Å²) in [5.41, 5.74) is 2.12. The fraction of sp³-hybridized carbons (Fsp3) is 0.391. The largest absolute Gasteiger partial charge is 0.350 e. The standard InChI is InChI=1S/C23H31N3O4S/c1-6-16(3)24-23(28)20-10-8-9-11-21(20)25-22(27)17(4)26(31(5,29)30)19-14-12-18(7-2)13-15-19/h8-17H,6-7H2,1-5H3,(H,24,28)(H,25,27)/t16-,17-/m1/s1. The van der Waals surface area contributed by atoms with E-state index in [4.69, 9.17) is 0 Å². The molecule has 2 aromatic rings. The zero-order valence-corrected chi connectivity index (χ0v) is 19.5. The van der Waals surface area contributed by atoms with Gasteiger partial charge in [-0.15, -0.1) is 0 Å². The molecule has 0 fully saturated rings. The molecule has 2 atom stereocenters. The molecule has 31 heavy (non-hydrogen) atoms. The summed E-state index contributed by atoms with van der Waals surface area (Å²) in [6, 6.07) is 12.7. The first-order chi connectivity index (χ1) is 14.6. The number of nitrogens with one attached hydrogen (secondary N) is 2. The van der Waals surface area contributed by atoms with Gasteiger partial charge in [-0.3, -0.25) is 13.9 Å². The third kappa shape index (κ3) is 6.30. The number of nitrogens with zero attached hydrogens (tertiary/aromatic N) is 1. The molecule has 0 spiro atoms. The highest BCUT2D eigenvalue weighted by Crippen LogP contribution is 2.23. The molecule has 0 heterocycles. The second-order valence-corrected chi connectivity index (χ2v) is 9.43. The molecule has 2 amide bonds. The Hall–Kier alpha value is -2.87. The first-order valence-corrected chi connectivity index (χ1v) is 12.2. The number of amides is 2. The topological polar surface area (TPSA) is 95.6 Å². The summed E-state index contributed by atoms with van der Waals surface area (Å²) in [6.07, 6.45) is 2.67. The van der Waals surface area contributed by atoms with Gasteiger partial charge in [0.2, 0.25) is 15.9 Å². The molecule has 0 saturated carbocycles. The predicted molar refractivity (Wildman–Crippen MR) is 125 cm³/mol.